The minimum atomic E-state index is -0.824. The predicted molar refractivity (Wildman–Crippen MR) is 297 cm³/mol. The van der Waals surface area contributed by atoms with Crippen LogP contribution in [0.15, 0.2) is 122 Å². The summed E-state index contributed by atoms with van der Waals surface area (Å²) in [4.78, 5) is 38.1. The second-order valence-electron chi connectivity index (χ2n) is 18.1. The van der Waals surface area contributed by atoms with Crippen LogP contribution in [0.3, 0.4) is 0 Å². The van der Waals surface area contributed by atoms with Crippen LogP contribution in [0.25, 0.3) is 0 Å². The summed E-state index contributed by atoms with van der Waals surface area (Å²) in [7, 11) is 0. The Morgan fingerprint density at radius 1 is 0.304 bits per heavy atom. The molecule has 0 saturated carbocycles. The van der Waals surface area contributed by atoms with Crippen LogP contribution in [0.2, 0.25) is 0 Å². The van der Waals surface area contributed by atoms with Crippen LogP contribution in [0.4, 0.5) is 0 Å². The second-order valence-corrected chi connectivity index (χ2v) is 18.1. The van der Waals surface area contributed by atoms with Gasteiger partial charge in [0.2, 0.25) is 0 Å². The fourth-order valence-electron chi connectivity index (χ4n) is 7.23. The van der Waals surface area contributed by atoms with Gasteiger partial charge in [-0.3, -0.25) is 14.4 Å². The van der Waals surface area contributed by atoms with E-state index in [0.717, 1.165) is 116 Å². The minimum absolute atomic E-state index is 0.115. The molecule has 0 bridgehead atoms. The highest BCUT2D eigenvalue weighted by molar-refractivity contribution is 5.71. The van der Waals surface area contributed by atoms with Gasteiger partial charge >= 0.3 is 17.9 Å². The number of carbonyl (C=O) groups is 3. The summed E-state index contributed by atoms with van der Waals surface area (Å²) in [6, 6.07) is 0. The highest BCUT2D eigenvalue weighted by Crippen LogP contribution is 2.13. The van der Waals surface area contributed by atoms with E-state index in [0.29, 0.717) is 12.8 Å². The zero-order chi connectivity index (χ0) is 50.0. The van der Waals surface area contributed by atoms with Crippen molar-refractivity contribution in [3.63, 3.8) is 0 Å². The molecule has 1 atom stereocenters. The highest BCUT2D eigenvalue weighted by Gasteiger charge is 2.19. The molecule has 0 fully saturated rings. The molecule has 6 heteroatoms. The standard InChI is InChI=1S/C63H102O6/c1-4-7-10-13-16-19-22-25-28-30-31-33-36-38-41-44-47-50-53-56-62(65)68-59-60(69-63(66)57-54-51-48-45-42-39-34-27-24-21-18-15-12-9-6-3)58-67-61(64)55-52-49-46-43-40-37-35-32-29-26-23-20-17-14-11-8-5-2/h9,12,16-21,25-29,31,33-34,38,41,47,50,60H,4-8,10-11,13-15,22-24,30,32,35-37,39-40,42-46,48-49,51-59H2,1-3H3/b12-9-,19-16-,20-17-,21-18-,28-25-,29-26-,33-31-,34-27-,41-38-,50-47-/t60-/m0/s1. The van der Waals surface area contributed by atoms with Gasteiger partial charge in [0.15, 0.2) is 6.10 Å². The van der Waals surface area contributed by atoms with Gasteiger partial charge in [-0.2, -0.15) is 0 Å². The fraction of sp³-hybridized carbons (Fsp3) is 0.635. The molecule has 6 nitrogen and oxygen atoms in total. The van der Waals surface area contributed by atoms with E-state index >= 15 is 0 Å². The van der Waals surface area contributed by atoms with Gasteiger partial charge in [-0.15, -0.1) is 0 Å². The Morgan fingerprint density at radius 2 is 0.594 bits per heavy atom. The number of rotatable bonds is 49. The number of esters is 3. The smallest absolute Gasteiger partial charge is 0.306 e. The first-order valence-corrected chi connectivity index (χ1v) is 28.0. The molecular weight excluding hydrogens is 853 g/mol. The first-order chi connectivity index (χ1) is 34.0. The Kier molecular flexibility index (Phi) is 53.0. The first-order valence-electron chi connectivity index (χ1n) is 28.0. The van der Waals surface area contributed by atoms with Crippen LogP contribution in [-0.4, -0.2) is 37.2 Å². The minimum Gasteiger partial charge on any atom is -0.462 e. The van der Waals surface area contributed by atoms with Crippen LogP contribution >= 0.6 is 0 Å². The molecule has 0 aliphatic heterocycles. The molecule has 0 amide bonds. The van der Waals surface area contributed by atoms with Crippen LogP contribution in [0.5, 0.6) is 0 Å². The molecular formula is C63H102O6. The SMILES string of the molecule is CC/C=C\C/C=C\C/C=C\CCCCCCCC(=O)O[C@H](COC(=O)CC/C=C\C/C=C\C/C=C\C/C=C\C/C=C\CCCCC)COC(=O)CCCCCCCCC/C=C\C/C=C\CCCCC. The van der Waals surface area contributed by atoms with Crippen LogP contribution < -0.4 is 0 Å². The molecule has 0 N–H and O–H groups in total. The van der Waals surface area contributed by atoms with Gasteiger partial charge in [0.1, 0.15) is 13.2 Å². The molecule has 0 saturated heterocycles. The van der Waals surface area contributed by atoms with E-state index in [1.807, 2.05) is 6.08 Å². The van der Waals surface area contributed by atoms with Gasteiger partial charge in [-0.25, -0.2) is 0 Å². The molecule has 0 aliphatic carbocycles. The fourth-order valence-corrected chi connectivity index (χ4v) is 7.23. The van der Waals surface area contributed by atoms with E-state index in [4.69, 9.17) is 14.2 Å². The molecule has 0 heterocycles. The maximum atomic E-state index is 12.8. The van der Waals surface area contributed by atoms with Gasteiger partial charge in [-0.1, -0.05) is 219 Å². The van der Waals surface area contributed by atoms with Crippen LogP contribution in [0.1, 0.15) is 239 Å². The van der Waals surface area contributed by atoms with E-state index < -0.39 is 6.10 Å². The average Bonchev–Trinajstić information content (AvgIpc) is 3.35. The molecule has 0 aromatic rings. The third kappa shape index (κ3) is 54.6. The van der Waals surface area contributed by atoms with Gasteiger partial charge in [0, 0.05) is 19.3 Å². The molecule has 390 valence electrons. The van der Waals surface area contributed by atoms with Crippen molar-refractivity contribution < 1.29 is 28.6 Å². The number of unbranched alkanes of at least 4 members (excludes halogenated alkanes) is 18. The molecule has 0 aromatic carbocycles. The Labute approximate surface area is 424 Å². The maximum Gasteiger partial charge on any atom is 0.306 e. The quantitative estimate of drug-likeness (QED) is 0.0262. The maximum absolute atomic E-state index is 12.8. The lowest BCUT2D eigenvalue weighted by molar-refractivity contribution is -0.166. The summed E-state index contributed by atoms with van der Waals surface area (Å²) in [5.41, 5.74) is 0. The van der Waals surface area contributed by atoms with Gasteiger partial charge in [0.05, 0.1) is 0 Å². The average molecular weight is 956 g/mol. The summed E-state index contributed by atoms with van der Waals surface area (Å²) in [6.45, 7) is 6.38. The second kappa shape index (κ2) is 56.4. The van der Waals surface area contributed by atoms with Crippen molar-refractivity contribution in [2.45, 2.75) is 245 Å². The van der Waals surface area contributed by atoms with Crippen molar-refractivity contribution in [1.29, 1.82) is 0 Å². The van der Waals surface area contributed by atoms with Crippen molar-refractivity contribution in [3.05, 3.63) is 122 Å². The third-order valence-electron chi connectivity index (χ3n) is 11.4. The Balaban J connectivity index is 4.55. The third-order valence-corrected chi connectivity index (χ3v) is 11.4. The van der Waals surface area contributed by atoms with Crippen molar-refractivity contribution in [1.82, 2.24) is 0 Å². The number of hydrogen-bond acceptors (Lipinski definition) is 6. The number of ether oxygens (including phenoxy) is 3. The largest absolute Gasteiger partial charge is 0.462 e. The zero-order valence-electron chi connectivity index (χ0n) is 44.5. The lowest BCUT2D eigenvalue weighted by Crippen LogP contribution is -2.30. The van der Waals surface area contributed by atoms with Gasteiger partial charge < -0.3 is 14.2 Å². The number of hydrogen-bond donors (Lipinski definition) is 0. The van der Waals surface area contributed by atoms with Crippen molar-refractivity contribution in [2.24, 2.45) is 0 Å². The summed E-state index contributed by atoms with van der Waals surface area (Å²) in [5, 5.41) is 0. The van der Waals surface area contributed by atoms with Gasteiger partial charge in [-0.05, 0) is 122 Å². The lowest BCUT2D eigenvalue weighted by atomic mass is 10.1. The lowest BCUT2D eigenvalue weighted by Gasteiger charge is -2.18. The van der Waals surface area contributed by atoms with Crippen LogP contribution in [0, 0.1) is 0 Å². The monoisotopic (exact) mass is 955 g/mol. The highest BCUT2D eigenvalue weighted by atomic mass is 16.6. The molecule has 0 spiro atoms. The van der Waals surface area contributed by atoms with Crippen molar-refractivity contribution in [3.8, 4) is 0 Å². The van der Waals surface area contributed by atoms with Crippen molar-refractivity contribution in [2.75, 3.05) is 13.2 Å². The summed E-state index contributed by atoms with van der Waals surface area (Å²) < 4.78 is 16.8. The first kappa shape index (κ1) is 64.8. The summed E-state index contributed by atoms with van der Waals surface area (Å²) >= 11 is 0. The Morgan fingerprint density at radius 3 is 0.971 bits per heavy atom. The van der Waals surface area contributed by atoms with E-state index in [9.17, 15) is 14.4 Å². The van der Waals surface area contributed by atoms with E-state index in [1.54, 1.807) is 0 Å². The van der Waals surface area contributed by atoms with Crippen molar-refractivity contribution >= 4 is 17.9 Å². The van der Waals surface area contributed by atoms with Crippen LogP contribution in [-0.2, 0) is 28.6 Å². The predicted octanol–water partition coefficient (Wildman–Crippen LogP) is 18.9. The zero-order valence-corrected chi connectivity index (χ0v) is 44.5. The molecule has 69 heavy (non-hydrogen) atoms. The number of allylic oxidation sites excluding steroid dienone is 20. The van der Waals surface area contributed by atoms with Gasteiger partial charge in [0.25, 0.3) is 0 Å². The van der Waals surface area contributed by atoms with E-state index in [1.165, 1.54) is 77.0 Å². The summed E-state index contributed by atoms with van der Waals surface area (Å²) in [6.07, 6.45) is 77.6. The molecule has 0 rings (SSSR count). The Hall–Kier alpha value is -4.19. The topological polar surface area (TPSA) is 78.9 Å². The molecule has 0 aromatic heterocycles. The van der Waals surface area contributed by atoms with E-state index in [-0.39, 0.29) is 44.0 Å². The number of carbonyl (C=O) groups excluding carboxylic acids is 3. The normalized spacial score (nSPS) is 13.0. The Bertz CT molecular complexity index is 1470. The van der Waals surface area contributed by atoms with E-state index in [2.05, 4.69) is 136 Å². The molecule has 0 unspecified atom stereocenters. The summed E-state index contributed by atoms with van der Waals surface area (Å²) in [5.74, 6) is -1.03. The molecule has 0 radical (unpaired) electrons. The molecule has 0 aliphatic rings.